The van der Waals surface area contributed by atoms with Gasteiger partial charge >= 0.3 is 0 Å². The molecule has 0 radical (unpaired) electrons. The Morgan fingerprint density at radius 1 is 1.24 bits per heavy atom. The zero-order chi connectivity index (χ0) is 20.3. The first-order valence-electron chi connectivity index (χ1n) is 9.53. The highest BCUT2D eigenvalue weighted by molar-refractivity contribution is 7.89. The molecule has 1 aliphatic heterocycles. The van der Waals surface area contributed by atoms with Crippen LogP contribution in [0.2, 0.25) is 0 Å². The molecule has 3 aromatic rings. The smallest absolute Gasteiger partial charge is 0.246 e. The molecule has 0 saturated carbocycles. The van der Waals surface area contributed by atoms with Crippen LogP contribution in [0.15, 0.2) is 52.1 Å². The van der Waals surface area contributed by atoms with E-state index in [1.165, 1.54) is 10.5 Å². The van der Waals surface area contributed by atoms with E-state index in [1.54, 1.807) is 10.9 Å². The number of ether oxygens (including phenoxy) is 1. The second-order valence-electron chi connectivity index (χ2n) is 6.89. The van der Waals surface area contributed by atoms with Gasteiger partial charge in [-0.1, -0.05) is 35.5 Å². The Balaban J connectivity index is 1.25. The Morgan fingerprint density at radius 2 is 2.03 bits per heavy atom. The standard InChI is InChI=1S/C19H23N5O4S/c1-2-23-13-17(10-20-23)29(25,26)24-11-16(12-24)19-21-18(22-28-19)8-9-27-14-15-6-4-3-5-7-15/h3-7,10,13,16H,2,8-9,11-12,14H2,1H3. The number of rotatable bonds is 9. The first kappa shape index (κ1) is 19.7. The zero-order valence-electron chi connectivity index (χ0n) is 16.1. The molecular formula is C19H23N5O4S. The Bertz CT molecular complexity index is 1040. The van der Waals surface area contributed by atoms with E-state index >= 15 is 0 Å². The molecule has 0 amide bonds. The van der Waals surface area contributed by atoms with Crippen molar-refractivity contribution in [2.24, 2.45) is 0 Å². The molecule has 154 valence electrons. The molecule has 0 N–H and O–H groups in total. The second-order valence-corrected chi connectivity index (χ2v) is 8.83. The van der Waals surface area contributed by atoms with Crippen molar-refractivity contribution in [1.82, 2.24) is 24.2 Å². The predicted molar refractivity (Wildman–Crippen MR) is 104 cm³/mol. The van der Waals surface area contributed by atoms with Gasteiger partial charge in [0.2, 0.25) is 15.9 Å². The monoisotopic (exact) mass is 417 g/mol. The summed E-state index contributed by atoms with van der Waals surface area (Å²) in [4.78, 5) is 4.60. The lowest BCUT2D eigenvalue weighted by atomic mass is 10.0. The van der Waals surface area contributed by atoms with Crippen molar-refractivity contribution in [2.45, 2.75) is 37.3 Å². The maximum absolute atomic E-state index is 12.6. The summed E-state index contributed by atoms with van der Waals surface area (Å²) in [6.07, 6.45) is 3.47. The van der Waals surface area contributed by atoms with Gasteiger partial charge in [0.05, 0.1) is 25.3 Å². The number of aryl methyl sites for hydroxylation is 1. The van der Waals surface area contributed by atoms with Crippen molar-refractivity contribution in [2.75, 3.05) is 19.7 Å². The average Bonchev–Trinajstić information content (AvgIpc) is 3.35. The van der Waals surface area contributed by atoms with Crippen LogP contribution in [0.25, 0.3) is 0 Å². The minimum Gasteiger partial charge on any atom is -0.376 e. The molecule has 3 heterocycles. The summed E-state index contributed by atoms with van der Waals surface area (Å²) in [5, 5.41) is 8.01. The van der Waals surface area contributed by atoms with Gasteiger partial charge in [0.1, 0.15) is 4.90 Å². The lowest BCUT2D eigenvalue weighted by molar-refractivity contribution is 0.122. The molecule has 1 fully saturated rings. The van der Waals surface area contributed by atoms with Crippen LogP contribution in [-0.4, -0.2) is 52.3 Å². The molecule has 9 nitrogen and oxygen atoms in total. The van der Waals surface area contributed by atoms with Gasteiger partial charge in [0, 0.05) is 32.3 Å². The molecule has 10 heteroatoms. The highest BCUT2D eigenvalue weighted by Crippen LogP contribution is 2.31. The van der Waals surface area contributed by atoms with Crippen LogP contribution in [-0.2, 0) is 34.3 Å². The summed E-state index contributed by atoms with van der Waals surface area (Å²) in [5.74, 6) is 0.954. The Morgan fingerprint density at radius 3 is 2.76 bits per heavy atom. The lowest BCUT2D eigenvalue weighted by Gasteiger charge is -2.35. The minimum atomic E-state index is -3.53. The van der Waals surface area contributed by atoms with Gasteiger partial charge in [-0.2, -0.15) is 14.4 Å². The van der Waals surface area contributed by atoms with Crippen LogP contribution in [0, 0.1) is 0 Å². The summed E-state index contributed by atoms with van der Waals surface area (Å²) in [6, 6.07) is 9.94. The molecule has 1 aromatic carbocycles. The first-order chi connectivity index (χ1) is 14.1. The first-order valence-corrected chi connectivity index (χ1v) is 11.0. The molecule has 2 aromatic heterocycles. The van der Waals surface area contributed by atoms with Crippen molar-refractivity contribution >= 4 is 10.0 Å². The lowest BCUT2D eigenvalue weighted by Crippen LogP contribution is -2.48. The number of hydrogen-bond donors (Lipinski definition) is 0. The predicted octanol–water partition coefficient (Wildman–Crippen LogP) is 1.83. The molecular weight excluding hydrogens is 394 g/mol. The number of sulfonamides is 1. The fourth-order valence-corrected chi connectivity index (χ4v) is 4.54. The van der Waals surface area contributed by atoms with Crippen LogP contribution in [0.4, 0.5) is 0 Å². The van der Waals surface area contributed by atoms with Gasteiger partial charge in [-0.25, -0.2) is 8.42 Å². The van der Waals surface area contributed by atoms with Gasteiger partial charge in [-0.3, -0.25) is 4.68 Å². The normalized spacial score (nSPS) is 15.5. The third-order valence-electron chi connectivity index (χ3n) is 4.83. The van der Waals surface area contributed by atoms with Crippen LogP contribution < -0.4 is 0 Å². The molecule has 0 bridgehead atoms. The third-order valence-corrected chi connectivity index (χ3v) is 6.62. The van der Waals surface area contributed by atoms with Crippen molar-refractivity contribution in [3.8, 4) is 0 Å². The summed E-state index contributed by atoms with van der Waals surface area (Å²) >= 11 is 0. The van der Waals surface area contributed by atoms with Crippen LogP contribution >= 0.6 is 0 Å². The molecule has 0 aliphatic carbocycles. The maximum Gasteiger partial charge on any atom is 0.246 e. The zero-order valence-corrected chi connectivity index (χ0v) is 17.0. The molecule has 4 rings (SSSR count). The summed E-state index contributed by atoms with van der Waals surface area (Å²) in [7, 11) is -3.53. The van der Waals surface area contributed by atoms with E-state index < -0.39 is 10.0 Å². The van der Waals surface area contributed by atoms with Crippen LogP contribution in [0.5, 0.6) is 0 Å². The molecule has 1 aliphatic rings. The largest absolute Gasteiger partial charge is 0.376 e. The van der Waals surface area contributed by atoms with Gasteiger partial charge in [0.15, 0.2) is 5.82 Å². The SMILES string of the molecule is CCn1cc(S(=O)(=O)N2CC(c3nc(CCOCc4ccccc4)no3)C2)cn1. The Kier molecular flexibility index (Phi) is 5.74. The quantitative estimate of drug-likeness (QED) is 0.489. The average molecular weight is 417 g/mol. The summed E-state index contributed by atoms with van der Waals surface area (Å²) in [5.41, 5.74) is 1.11. The maximum atomic E-state index is 12.6. The van der Waals surface area contributed by atoms with Gasteiger partial charge in [-0.15, -0.1) is 0 Å². The fraction of sp³-hybridized carbons (Fsp3) is 0.421. The van der Waals surface area contributed by atoms with E-state index in [9.17, 15) is 8.42 Å². The minimum absolute atomic E-state index is 0.0857. The molecule has 0 atom stereocenters. The van der Waals surface area contributed by atoms with E-state index in [2.05, 4.69) is 15.2 Å². The van der Waals surface area contributed by atoms with E-state index in [1.807, 2.05) is 37.3 Å². The van der Waals surface area contributed by atoms with Crippen LogP contribution in [0.1, 0.15) is 30.1 Å². The molecule has 29 heavy (non-hydrogen) atoms. The highest BCUT2D eigenvalue weighted by atomic mass is 32.2. The second kappa shape index (κ2) is 8.44. The van der Waals surface area contributed by atoms with Gasteiger partial charge in [0.25, 0.3) is 0 Å². The number of benzene rings is 1. The van der Waals surface area contributed by atoms with Crippen LogP contribution in [0.3, 0.4) is 0 Å². The molecule has 0 spiro atoms. The number of hydrogen-bond acceptors (Lipinski definition) is 7. The van der Waals surface area contributed by atoms with Crippen molar-refractivity contribution in [3.63, 3.8) is 0 Å². The molecule has 1 saturated heterocycles. The fourth-order valence-electron chi connectivity index (χ4n) is 3.05. The van der Waals surface area contributed by atoms with Gasteiger partial charge in [-0.05, 0) is 12.5 Å². The third kappa shape index (κ3) is 4.39. The van der Waals surface area contributed by atoms with Crippen molar-refractivity contribution in [3.05, 3.63) is 60.0 Å². The van der Waals surface area contributed by atoms with E-state index in [0.29, 0.717) is 51.0 Å². The van der Waals surface area contributed by atoms with Crippen molar-refractivity contribution in [1.29, 1.82) is 0 Å². The summed E-state index contributed by atoms with van der Waals surface area (Å²) in [6.45, 7) is 4.20. The molecule has 0 unspecified atom stereocenters. The highest BCUT2D eigenvalue weighted by Gasteiger charge is 2.40. The van der Waals surface area contributed by atoms with Gasteiger partial charge < -0.3 is 9.26 Å². The van der Waals surface area contributed by atoms with E-state index in [0.717, 1.165) is 5.56 Å². The van der Waals surface area contributed by atoms with E-state index in [4.69, 9.17) is 9.26 Å². The topological polar surface area (TPSA) is 103 Å². The number of nitrogens with zero attached hydrogens (tertiary/aromatic N) is 5. The Hall–Kier alpha value is -2.56. The Labute approximate surface area is 169 Å². The summed E-state index contributed by atoms with van der Waals surface area (Å²) < 4.78 is 39.2. The number of aromatic nitrogens is 4. The van der Waals surface area contributed by atoms with Crippen molar-refractivity contribution < 1.29 is 17.7 Å². The van der Waals surface area contributed by atoms with E-state index in [-0.39, 0.29) is 10.8 Å².